The number of benzene rings is 1. The maximum absolute atomic E-state index is 11.9. The first kappa shape index (κ1) is 16.5. The fourth-order valence-corrected chi connectivity index (χ4v) is 1.87. The molecule has 1 atom stereocenters. The predicted octanol–water partition coefficient (Wildman–Crippen LogP) is 2.65. The highest BCUT2D eigenvalue weighted by molar-refractivity contribution is 5.78. The van der Waals surface area contributed by atoms with Crippen LogP contribution in [0.4, 0.5) is 0 Å². The minimum absolute atomic E-state index is 0.00875. The Kier molecular flexibility index (Phi) is 6.52. The summed E-state index contributed by atoms with van der Waals surface area (Å²) in [5.41, 5.74) is 0.999. The van der Waals surface area contributed by atoms with Crippen molar-refractivity contribution >= 4 is 5.91 Å². The maximum Gasteiger partial charge on any atom is 0.234 e. The van der Waals surface area contributed by atoms with Gasteiger partial charge < -0.3 is 15.4 Å². The summed E-state index contributed by atoms with van der Waals surface area (Å²) in [5.74, 6) is 0.817. The lowest BCUT2D eigenvalue weighted by Crippen LogP contribution is -2.38. The molecule has 1 aromatic rings. The first-order valence-electron chi connectivity index (χ1n) is 7.18. The molecule has 0 heterocycles. The van der Waals surface area contributed by atoms with E-state index in [9.17, 15) is 4.79 Å². The van der Waals surface area contributed by atoms with Crippen molar-refractivity contribution in [2.45, 2.75) is 52.8 Å². The van der Waals surface area contributed by atoms with Crippen molar-refractivity contribution in [2.75, 3.05) is 6.54 Å². The first-order chi connectivity index (χ1) is 9.40. The molecule has 4 heteroatoms. The van der Waals surface area contributed by atoms with Gasteiger partial charge in [-0.3, -0.25) is 4.79 Å². The minimum Gasteiger partial charge on any atom is -0.491 e. The second-order valence-corrected chi connectivity index (χ2v) is 5.53. The van der Waals surface area contributed by atoms with Gasteiger partial charge in [-0.05, 0) is 26.8 Å². The standard InChI is InChI=1S/C16H26N2O2/c1-11(2)17-10-16(19)18-13(5)14-8-6-7-9-15(14)20-12(3)4/h6-9,11-13,17H,10H2,1-5H3,(H,18,19). The third kappa shape index (κ3) is 5.61. The smallest absolute Gasteiger partial charge is 0.234 e. The molecule has 2 N–H and O–H groups in total. The highest BCUT2D eigenvalue weighted by Crippen LogP contribution is 2.25. The summed E-state index contributed by atoms with van der Waals surface area (Å²) in [4.78, 5) is 11.9. The average molecular weight is 278 g/mol. The molecule has 20 heavy (non-hydrogen) atoms. The number of amides is 1. The fourth-order valence-electron chi connectivity index (χ4n) is 1.87. The van der Waals surface area contributed by atoms with E-state index in [1.54, 1.807) is 0 Å². The zero-order chi connectivity index (χ0) is 15.1. The van der Waals surface area contributed by atoms with Gasteiger partial charge in [0.15, 0.2) is 0 Å². The predicted molar refractivity (Wildman–Crippen MR) is 81.9 cm³/mol. The Labute approximate surface area is 121 Å². The Morgan fingerprint density at radius 3 is 2.40 bits per heavy atom. The van der Waals surface area contributed by atoms with Crippen molar-refractivity contribution in [1.29, 1.82) is 0 Å². The molecule has 112 valence electrons. The minimum atomic E-state index is -0.0774. The Morgan fingerprint density at radius 1 is 1.15 bits per heavy atom. The van der Waals surface area contributed by atoms with E-state index in [2.05, 4.69) is 10.6 Å². The topological polar surface area (TPSA) is 50.4 Å². The Bertz CT molecular complexity index is 430. The van der Waals surface area contributed by atoms with Crippen molar-refractivity contribution in [2.24, 2.45) is 0 Å². The number of nitrogens with one attached hydrogen (secondary N) is 2. The number of carbonyl (C=O) groups is 1. The van der Waals surface area contributed by atoms with Gasteiger partial charge in [0.1, 0.15) is 5.75 Å². The van der Waals surface area contributed by atoms with Gasteiger partial charge in [-0.1, -0.05) is 32.0 Å². The highest BCUT2D eigenvalue weighted by atomic mass is 16.5. The van der Waals surface area contributed by atoms with Gasteiger partial charge in [-0.15, -0.1) is 0 Å². The molecule has 0 saturated carbocycles. The van der Waals surface area contributed by atoms with Crippen LogP contribution < -0.4 is 15.4 Å². The zero-order valence-corrected chi connectivity index (χ0v) is 13.1. The van der Waals surface area contributed by atoms with Gasteiger partial charge in [0.25, 0.3) is 0 Å². The van der Waals surface area contributed by atoms with E-state index < -0.39 is 0 Å². The van der Waals surface area contributed by atoms with Crippen molar-refractivity contribution in [1.82, 2.24) is 10.6 Å². The molecular formula is C16H26N2O2. The lowest BCUT2D eigenvalue weighted by Gasteiger charge is -2.20. The van der Waals surface area contributed by atoms with E-state index in [1.165, 1.54) is 0 Å². The summed E-state index contributed by atoms with van der Waals surface area (Å²) in [6.45, 7) is 10.3. The van der Waals surface area contributed by atoms with Crippen LogP contribution in [-0.4, -0.2) is 24.6 Å². The van der Waals surface area contributed by atoms with Crippen LogP contribution in [0.3, 0.4) is 0 Å². The van der Waals surface area contributed by atoms with Crippen LogP contribution in [0.15, 0.2) is 24.3 Å². The van der Waals surface area contributed by atoms with Crippen LogP contribution in [0.2, 0.25) is 0 Å². The van der Waals surface area contributed by atoms with Crippen molar-refractivity contribution < 1.29 is 9.53 Å². The number of ether oxygens (including phenoxy) is 1. The van der Waals surface area contributed by atoms with Crippen molar-refractivity contribution in [3.8, 4) is 5.75 Å². The Morgan fingerprint density at radius 2 is 1.80 bits per heavy atom. The average Bonchev–Trinajstić information content (AvgIpc) is 2.36. The lowest BCUT2D eigenvalue weighted by atomic mass is 10.1. The molecule has 1 amide bonds. The molecule has 0 radical (unpaired) electrons. The molecule has 0 fully saturated rings. The van der Waals surface area contributed by atoms with E-state index in [1.807, 2.05) is 58.9 Å². The zero-order valence-electron chi connectivity index (χ0n) is 13.1. The number of carbonyl (C=O) groups excluding carboxylic acids is 1. The van der Waals surface area contributed by atoms with Crippen molar-refractivity contribution in [3.05, 3.63) is 29.8 Å². The normalized spacial score (nSPS) is 12.6. The lowest BCUT2D eigenvalue weighted by molar-refractivity contribution is -0.121. The third-order valence-corrected chi connectivity index (χ3v) is 2.80. The summed E-state index contributed by atoms with van der Waals surface area (Å²) < 4.78 is 5.78. The SMILES string of the molecule is CC(C)NCC(=O)NC(C)c1ccccc1OC(C)C. The molecule has 0 saturated heterocycles. The molecule has 0 spiro atoms. The first-order valence-corrected chi connectivity index (χ1v) is 7.18. The van der Waals surface area contributed by atoms with Gasteiger partial charge in [0.2, 0.25) is 5.91 Å². The molecule has 0 aliphatic heterocycles. The number of hydrogen-bond acceptors (Lipinski definition) is 3. The van der Waals surface area contributed by atoms with Crippen LogP contribution in [0, 0.1) is 0 Å². The van der Waals surface area contributed by atoms with Crippen molar-refractivity contribution in [3.63, 3.8) is 0 Å². The quantitative estimate of drug-likeness (QED) is 0.806. The van der Waals surface area contributed by atoms with Crippen LogP contribution >= 0.6 is 0 Å². The summed E-state index contributed by atoms with van der Waals surface area (Å²) >= 11 is 0. The summed E-state index contributed by atoms with van der Waals surface area (Å²) in [7, 11) is 0. The molecule has 1 aromatic carbocycles. The van der Waals surface area contributed by atoms with Crippen LogP contribution in [0.25, 0.3) is 0 Å². The second-order valence-electron chi connectivity index (χ2n) is 5.53. The second kappa shape index (κ2) is 7.90. The molecule has 1 rings (SSSR count). The number of hydrogen-bond donors (Lipinski definition) is 2. The number of rotatable bonds is 7. The Hall–Kier alpha value is -1.55. The fraction of sp³-hybridized carbons (Fsp3) is 0.562. The highest BCUT2D eigenvalue weighted by Gasteiger charge is 2.14. The van der Waals surface area contributed by atoms with E-state index in [0.717, 1.165) is 11.3 Å². The van der Waals surface area contributed by atoms with E-state index in [4.69, 9.17) is 4.74 Å². The van der Waals surface area contributed by atoms with Crippen LogP contribution in [0.5, 0.6) is 5.75 Å². The summed E-state index contributed by atoms with van der Waals surface area (Å²) in [6.07, 6.45) is 0.113. The molecular weight excluding hydrogens is 252 g/mol. The van der Waals surface area contributed by atoms with Gasteiger partial charge in [0.05, 0.1) is 18.7 Å². The molecule has 0 aliphatic rings. The molecule has 0 aliphatic carbocycles. The molecule has 1 unspecified atom stereocenters. The van der Waals surface area contributed by atoms with Gasteiger partial charge in [0, 0.05) is 11.6 Å². The van der Waals surface area contributed by atoms with Gasteiger partial charge in [-0.2, -0.15) is 0 Å². The van der Waals surface area contributed by atoms with E-state index in [-0.39, 0.29) is 18.1 Å². The van der Waals surface area contributed by atoms with Gasteiger partial charge in [-0.25, -0.2) is 0 Å². The van der Waals surface area contributed by atoms with E-state index in [0.29, 0.717) is 12.6 Å². The summed E-state index contributed by atoms with van der Waals surface area (Å²) in [5, 5.41) is 6.09. The molecule has 4 nitrogen and oxygen atoms in total. The third-order valence-electron chi connectivity index (χ3n) is 2.80. The van der Waals surface area contributed by atoms with Crippen LogP contribution in [-0.2, 0) is 4.79 Å². The maximum atomic E-state index is 11.9. The monoisotopic (exact) mass is 278 g/mol. The van der Waals surface area contributed by atoms with Crippen LogP contribution in [0.1, 0.15) is 46.2 Å². The van der Waals surface area contributed by atoms with Gasteiger partial charge >= 0.3 is 0 Å². The summed E-state index contributed by atoms with van der Waals surface area (Å²) in [6, 6.07) is 8.04. The van der Waals surface area contributed by atoms with E-state index >= 15 is 0 Å². The largest absolute Gasteiger partial charge is 0.491 e. The molecule has 0 aromatic heterocycles. The Balaban J connectivity index is 2.67. The molecule has 0 bridgehead atoms. The number of para-hydroxylation sites is 1.